The number of hydrogen-bond donors (Lipinski definition) is 1. The topological polar surface area (TPSA) is 139 Å². The minimum Gasteiger partial charge on any atom is -0.497 e. The van der Waals surface area contributed by atoms with Crippen molar-refractivity contribution in [1.82, 2.24) is 10.2 Å². The molecule has 0 heterocycles. The molecule has 11 nitrogen and oxygen atoms in total. The molecule has 1 atom stereocenters. The van der Waals surface area contributed by atoms with Crippen molar-refractivity contribution < 1.29 is 27.7 Å². The van der Waals surface area contributed by atoms with E-state index in [0.717, 1.165) is 52.5 Å². The number of nitro groups is 1. The van der Waals surface area contributed by atoms with Crippen molar-refractivity contribution in [1.29, 1.82) is 0 Å². The van der Waals surface area contributed by atoms with E-state index in [1.165, 1.54) is 43.2 Å². The molecule has 3 aromatic rings. The van der Waals surface area contributed by atoms with Crippen molar-refractivity contribution >= 4 is 49.1 Å². The molecule has 240 valence electrons. The number of nitrogens with one attached hydrogen (secondary N) is 1. The number of amides is 2. The molecule has 45 heavy (non-hydrogen) atoms. The Kier molecular flexibility index (Phi) is 11.2. The number of sulfonamides is 1. The lowest BCUT2D eigenvalue weighted by Crippen LogP contribution is -2.53. The molecule has 2 amide bonds. The lowest BCUT2D eigenvalue weighted by atomic mass is 9.95. The van der Waals surface area contributed by atoms with Crippen LogP contribution >= 0.6 is 15.9 Å². The Morgan fingerprint density at radius 2 is 1.69 bits per heavy atom. The molecule has 1 aliphatic carbocycles. The van der Waals surface area contributed by atoms with Crippen LogP contribution in [-0.2, 0) is 26.2 Å². The normalized spacial score (nSPS) is 14.3. The number of hydrogen-bond acceptors (Lipinski definition) is 7. The van der Waals surface area contributed by atoms with Crippen molar-refractivity contribution in [2.75, 3.05) is 18.0 Å². The number of halogens is 1. The number of carbonyl (C=O) groups excluding carboxylic acids is 2. The van der Waals surface area contributed by atoms with Gasteiger partial charge in [-0.25, -0.2) is 8.42 Å². The molecule has 0 aromatic heterocycles. The van der Waals surface area contributed by atoms with Gasteiger partial charge in [-0.1, -0.05) is 53.4 Å². The van der Waals surface area contributed by atoms with E-state index in [1.807, 2.05) is 24.3 Å². The molecule has 1 N–H and O–H groups in total. The first kappa shape index (κ1) is 33.9. The standard InChI is InChI=1S/C32H37BrN4O7S/c1-22-9-18-29(19-30(22)37(40)41)45(42,43)36(27-14-16-28(44-3)17-15-27)21-31(38)35(20-24-10-12-25(33)13-11-24)23(2)32(39)34-26-7-5-4-6-8-26/h9-19,23,26H,4-8,20-21H2,1-3H3,(H,34,39). The number of carbonyl (C=O) groups is 2. The second-order valence-electron chi connectivity index (χ2n) is 11.1. The average molecular weight is 702 g/mol. The Morgan fingerprint density at radius 1 is 1.04 bits per heavy atom. The van der Waals surface area contributed by atoms with Gasteiger partial charge in [0.1, 0.15) is 18.3 Å². The summed E-state index contributed by atoms with van der Waals surface area (Å²) in [6.45, 7) is 2.54. The summed E-state index contributed by atoms with van der Waals surface area (Å²) in [7, 11) is -3.02. The van der Waals surface area contributed by atoms with Crippen LogP contribution in [0.2, 0.25) is 0 Å². The van der Waals surface area contributed by atoms with E-state index in [0.29, 0.717) is 11.3 Å². The average Bonchev–Trinajstić information content (AvgIpc) is 3.03. The van der Waals surface area contributed by atoms with E-state index in [9.17, 15) is 28.1 Å². The van der Waals surface area contributed by atoms with E-state index in [4.69, 9.17) is 4.74 Å². The second kappa shape index (κ2) is 14.9. The van der Waals surface area contributed by atoms with Gasteiger partial charge in [0.15, 0.2) is 0 Å². The molecular weight excluding hydrogens is 664 g/mol. The first-order valence-corrected chi connectivity index (χ1v) is 16.9. The Labute approximate surface area is 271 Å². The van der Waals surface area contributed by atoms with Crippen LogP contribution in [0.1, 0.15) is 50.2 Å². The zero-order chi connectivity index (χ0) is 32.7. The smallest absolute Gasteiger partial charge is 0.273 e. The van der Waals surface area contributed by atoms with Gasteiger partial charge in [-0.05, 0) is 74.7 Å². The summed E-state index contributed by atoms with van der Waals surface area (Å²) in [4.78, 5) is 39.6. The Hall–Kier alpha value is -3.97. The van der Waals surface area contributed by atoms with Crippen LogP contribution in [0.3, 0.4) is 0 Å². The van der Waals surface area contributed by atoms with Gasteiger partial charge in [0.25, 0.3) is 15.7 Å². The van der Waals surface area contributed by atoms with Gasteiger partial charge in [-0.2, -0.15) is 0 Å². The quantitative estimate of drug-likeness (QED) is 0.188. The number of methoxy groups -OCH3 is 1. The number of ether oxygens (including phenoxy) is 1. The second-order valence-corrected chi connectivity index (χ2v) is 13.9. The first-order chi connectivity index (χ1) is 21.4. The summed E-state index contributed by atoms with van der Waals surface area (Å²) in [5.41, 5.74) is 0.832. The minimum absolute atomic E-state index is 0.0202. The fraction of sp³-hybridized carbons (Fsp3) is 0.375. The van der Waals surface area contributed by atoms with Gasteiger partial charge in [0.05, 0.1) is 22.6 Å². The highest BCUT2D eigenvalue weighted by molar-refractivity contribution is 9.10. The van der Waals surface area contributed by atoms with Crippen LogP contribution in [0.15, 0.2) is 76.1 Å². The van der Waals surface area contributed by atoms with E-state index in [1.54, 1.807) is 19.1 Å². The highest BCUT2D eigenvalue weighted by Crippen LogP contribution is 2.30. The third-order valence-corrected chi connectivity index (χ3v) is 10.3. The Morgan fingerprint density at radius 3 is 2.29 bits per heavy atom. The lowest BCUT2D eigenvalue weighted by Gasteiger charge is -2.33. The molecule has 0 aliphatic heterocycles. The maximum Gasteiger partial charge on any atom is 0.273 e. The van der Waals surface area contributed by atoms with Crippen LogP contribution in [-0.4, -0.2) is 55.8 Å². The van der Waals surface area contributed by atoms with Gasteiger partial charge in [-0.15, -0.1) is 0 Å². The maximum absolute atomic E-state index is 14.2. The van der Waals surface area contributed by atoms with Gasteiger partial charge in [0.2, 0.25) is 11.8 Å². The zero-order valence-corrected chi connectivity index (χ0v) is 27.8. The van der Waals surface area contributed by atoms with E-state index in [2.05, 4.69) is 21.2 Å². The molecule has 1 saturated carbocycles. The monoisotopic (exact) mass is 700 g/mol. The van der Waals surface area contributed by atoms with Crippen molar-refractivity contribution in [2.45, 2.75) is 69.5 Å². The molecule has 1 unspecified atom stereocenters. The zero-order valence-electron chi connectivity index (χ0n) is 25.4. The third-order valence-electron chi connectivity index (χ3n) is 7.99. The molecule has 4 rings (SSSR count). The van der Waals surface area contributed by atoms with Crippen LogP contribution in [0.25, 0.3) is 0 Å². The van der Waals surface area contributed by atoms with Gasteiger partial charge in [0, 0.05) is 28.7 Å². The van der Waals surface area contributed by atoms with Gasteiger partial charge < -0.3 is 15.0 Å². The SMILES string of the molecule is COc1ccc(N(CC(=O)N(Cc2ccc(Br)cc2)C(C)C(=O)NC2CCCCC2)S(=O)(=O)c2ccc(C)c([N+](=O)[O-])c2)cc1. The van der Waals surface area contributed by atoms with E-state index in [-0.39, 0.29) is 34.8 Å². The van der Waals surface area contributed by atoms with E-state index >= 15 is 0 Å². The molecule has 13 heteroatoms. The van der Waals surface area contributed by atoms with Crippen molar-refractivity contribution in [3.63, 3.8) is 0 Å². The lowest BCUT2D eigenvalue weighted by molar-refractivity contribution is -0.385. The van der Waals surface area contributed by atoms with Crippen molar-refractivity contribution in [3.8, 4) is 5.75 Å². The van der Waals surface area contributed by atoms with Crippen molar-refractivity contribution in [3.05, 3.63) is 92.4 Å². The Bertz CT molecular complexity index is 1630. The summed E-state index contributed by atoms with van der Waals surface area (Å²) in [6.07, 6.45) is 4.89. The summed E-state index contributed by atoms with van der Waals surface area (Å²) in [6, 6.07) is 16.1. The summed E-state index contributed by atoms with van der Waals surface area (Å²) >= 11 is 3.41. The highest BCUT2D eigenvalue weighted by atomic mass is 79.9. The molecule has 0 spiro atoms. The summed E-state index contributed by atoms with van der Waals surface area (Å²) in [5, 5.41) is 14.7. The fourth-order valence-corrected chi connectivity index (χ4v) is 6.99. The highest BCUT2D eigenvalue weighted by Gasteiger charge is 2.34. The molecule has 1 fully saturated rings. The molecule has 0 saturated heterocycles. The molecule has 0 bridgehead atoms. The predicted octanol–water partition coefficient (Wildman–Crippen LogP) is 5.74. The number of rotatable bonds is 12. The predicted molar refractivity (Wildman–Crippen MR) is 175 cm³/mol. The first-order valence-electron chi connectivity index (χ1n) is 14.7. The molecule has 3 aromatic carbocycles. The number of nitro benzene ring substituents is 1. The summed E-state index contributed by atoms with van der Waals surface area (Å²) < 4.78 is 35.2. The minimum atomic E-state index is -4.49. The fourth-order valence-electron chi connectivity index (χ4n) is 5.29. The maximum atomic E-state index is 14.2. The Balaban J connectivity index is 1.72. The number of anilines is 1. The van der Waals surface area contributed by atoms with Crippen molar-refractivity contribution in [2.24, 2.45) is 0 Å². The molecule has 0 radical (unpaired) electrons. The third kappa shape index (κ3) is 8.40. The molecule has 1 aliphatic rings. The van der Waals surface area contributed by atoms with E-state index < -0.39 is 33.4 Å². The largest absolute Gasteiger partial charge is 0.497 e. The number of aryl methyl sites for hydroxylation is 1. The van der Waals surface area contributed by atoms with Crippen LogP contribution in [0.4, 0.5) is 11.4 Å². The number of nitrogens with zero attached hydrogens (tertiary/aromatic N) is 3. The van der Waals surface area contributed by atoms with Gasteiger partial charge in [-0.3, -0.25) is 24.0 Å². The van der Waals surface area contributed by atoms with Gasteiger partial charge >= 0.3 is 0 Å². The van der Waals surface area contributed by atoms with Crippen LogP contribution < -0.4 is 14.4 Å². The summed E-state index contributed by atoms with van der Waals surface area (Å²) in [5.74, 6) is -0.469. The van der Waals surface area contributed by atoms with Crippen LogP contribution in [0.5, 0.6) is 5.75 Å². The number of benzene rings is 3. The molecular formula is C32H37BrN4O7S. The van der Waals surface area contributed by atoms with Crippen LogP contribution in [0, 0.1) is 17.0 Å².